The highest BCUT2D eigenvalue weighted by molar-refractivity contribution is 7.86. The van der Waals surface area contributed by atoms with Crippen molar-refractivity contribution in [3.63, 3.8) is 0 Å². The Morgan fingerprint density at radius 1 is 0.962 bits per heavy atom. The van der Waals surface area contributed by atoms with Crippen LogP contribution in [-0.2, 0) is 32.7 Å². The normalized spacial score (nSPS) is 14.2. The topological polar surface area (TPSA) is 88.1 Å². The van der Waals surface area contributed by atoms with E-state index in [1.54, 1.807) is 46.8 Å². The lowest BCUT2D eigenvalue weighted by Gasteiger charge is -2.24. The lowest BCUT2D eigenvalue weighted by atomic mass is 10.2. The van der Waals surface area contributed by atoms with Crippen molar-refractivity contribution in [1.29, 1.82) is 0 Å². The number of benzene rings is 1. The molecule has 150 valence electrons. The third kappa shape index (κ3) is 8.29. The zero-order valence-electron chi connectivity index (χ0n) is 16.2. The van der Waals surface area contributed by atoms with Crippen LogP contribution in [0.15, 0.2) is 29.2 Å². The molecule has 1 unspecified atom stereocenters. The summed E-state index contributed by atoms with van der Waals surface area (Å²) in [7, 11) is -7.32. The first kappa shape index (κ1) is 23.3. The molecule has 0 radical (unpaired) electrons. The van der Waals surface area contributed by atoms with Gasteiger partial charge in [-0.15, -0.1) is 0 Å². The Hall–Kier alpha value is -0.760. The number of aryl methyl sites for hydroxylation is 1. The summed E-state index contributed by atoms with van der Waals surface area (Å²) in [5.41, 5.74) is 0.951. The summed E-state index contributed by atoms with van der Waals surface area (Å²) in [6.07, 6.45) is -1.48. The average Bonchev–Trinajstić information content (AvgIpc) is 2.50. The van der Waals surface area contributed by atoms with Gasteiger partial charge in [0.15, 0.2) is 0 Å². The van der Waals surface area contributed by atoms with E-state index in [1.165, 1.54) is 12.1 Å². The van der Waals surface area contributed by atoms with Crippen LogP contribution in [0.3, 0.4) is 0 Å². The summed E-state index contributed by atoms with van der Waals surface area (Å²) in [5.74, 6) is 0. The maximum atomic E-state index is 12.7. The quantitative estimate of drug-likeness (QED) is 0.402. The second-order valence-corrected chi connectivity index (χ2v) is 10.1. The average molecular weight is 408 g/mol. The van der Waals surface area contributed by atoms with E-state index in [1.807, 2.05) is 6.92 Å². The van der Waals surface area contributed by atoms with E-state index in [2.05, 4.69) is 0 Å². The van der Waals surface area contributed by atoms with Gasteiger partial charge in [0.25, 0.3) is 10.1 Å². The molecule has 9 heteroatoms. The summed E-state index contributed by atoms with van der Waals surface area (Å²) < 4.78 is 58.2. The Balaban J connectivity index is 2.60. The molecular weight excluding hydrogens is 379 g/mol. The Morgan fingerprint density at radius 3 is 1.92 bits per heavy atom. The molecule has 1 rings (SSSR count). The summed E-state index contributed by atoms with van der Waals surface area (Å²) in [6, 6.07) is 6.35. The first-order chi connectivity index (χ1) is 11.9. The van der Waals surface area contributed by atoms with Crippen LogP contribution in [0.4, 0.5) is 0 Å². The summed E-state index contributed by atoms with van der Waals surface area (Å²) >= 11 is 0. The Kier molecular flexibility index (Phi) is 8.93. The van der Waals surface area contributed by atoms with E-state index < -0.39 is 23.8 Å². The molecule has 0 saturated heterocycles. The van der Waals surface area contributed by atoms with Gasteiger partial charge < -0.3 is 13.8 Å². The van der Waals surface area contributed by atoms with Crippen LogP contribution in [0.25, 0.3) is 0 Å². The Labute approximate surface area is 156 Å². The van der Waals surface area contributed by atoms with Crippen LogP contribution in [0.1, 0.15) is 40.2 Å². The lowest BCUT2D eigenvalue weighted by Crippen LogP contribution is -2.21. The van der Waals surface area contributed by atoms with Crippen molar-refractivity contribution in [2.75, 3.05) is 13.0 Å². The molecular formula is C17H29O7PS. The van der Waals surface area contributed by atoms with E-state index in [9.17, 15) is 13.0 Å². The van der Waals surface area contributed by atoms with Crippen molar-refractivity contribution in [2.24, 2.45) is 0 Å². The number of rotatable bonds is 11. The van der Waals surface area contributed by atoms with E-state index in [0.717, 1.165) is 5.56 Å². The zero-order valence-corrected chi connectivity index (χ0v) is 17.9. The minimum atomic E-state index is -3.88. The first-order valence-electron chi connectivity index (χ1n) is 8.47. The molecule has 0 N–H and O–H groups in total. The fraction of sp³-hybridized carbons (Fsp3) is 0.647. The van der Waals surface area contributed by atoms with Crippen LogP contribution in [0.2, 0.25) is 0 Å². The van der Waals surface area contributed by atoms with Gasteiger partial charge in [0.05, 0.1) is 29.8 Å². The molecule has 0 aliphatic heterocycles. The molecule has 7 nitrogen and oxygen atoms in total. The minimum Gasteiger partial charge on any atom is -0.363 e. The van der Waals surface area contributed by atoms with Crippen LogP contribution in [-0.4, -0.2) is 39.7 Å². The summed E-state index contributed by atoms with van der Waals surface area (Å²) in [4.78, 5) is 0.0762. The van der Waals surface area contributed by atoms with Gasteiger partial charge in [0.2, 0.25) is 0 Å². The Morgan fingerprint density at radius 2 is 1.46 bits per heavy atom. The molecule has 0 aliphatic rings. The highest BCUT2D eigenvalue weighted by Crippen LogP contribution is 2.50. The molecule has 1 atom stereocenters. The van der Waals surface area contributed by atoms with Gasteiger partial charge in [0.1, 0.15) is 6.35 Å². The lowest BCUT2D eigenvalue weighted by molar-refractivity contribution is 0.0383. The van der Waals surface area contributed by atoms with Crippen molar-refractivity contribution in [3.05, 3.63) is 29.8 Å². The smallest absolute Gasteiger partial charge is 0.356 e. The standard InChI is InChI=1S/C17H29O7PS/c1-13(2)23-25(18,24-14(3)4)12-21-16(6)11-22-26(19,20)17-9-7-15(5)8-10-17/h7-10,13-14,16H,11-12H2,1-6H3. The van der Waals surface area contributed by atoms with Crippen molar-refractivity contribution in [1.82, 2.24) is 0 Å². The van der Waals surface area contributed by atoms with E-state index in [4.69, 9.17) is 18.0 Å². The molecule has 0 fully saturated rings. The highest BCUT2D eigenvalue weighted by Gasteiger charge is 2.29. The van der Waals surface area contributed by atoms with Crippen LogP contribution in [0, 0.1) is 6.92 Å². The van der Waals surface area contributed by atoms with E-state index in [0.29, 0.717) is 0 Å². The molecule has 0 spiro atoms. The van der Waals surface area contributed by atoms with Gasteiger partial charge in [-0.05, 0) is 53.7 Å². The van der Waals surface area contributed by atoms with Gasteiger partial charge in [0, 0.05) is 0 Å². The number of hydrogen-bond acceptors (Lipinski definition) is 7. The van der Waals surface area contributed by atoms with Crippen molar-refractivity contribution >= 4 is 17.7 Å². The molecule has 0 aromatic heterocycles. The van der Waals surface area contributed by atoms with E-state index in [-0.39, 0.29) is 30.1 Å². The van der Waals surface area contributed by atoms with Crippen molar-refractivity contribution in [3.8, 4) is 0 Å². The fourth-order valence-electron chi connectivity index (χ4n) is 1.95. The molecule has 0 aliphatic carbocycles. The predicted molar refractivity (Wildman–Crippen MR) is 99.8 cm³/mol. The summed E-state index contributed by atoms with van der Waals surface area (Å²) in [5, 5.41) is 0. The maximum Gasteiger partial charge on any atom is 0.356 e. The molecule has 26 heavy (non-hydrogen) atoms. The number of hydrogen-bond donors (Lipinski definition) is 0. The third-order valence-corrected chi connectivity index (χ3v) is 6.27. The second kappa shape index (κ2) is 9.97. The predicted octanol–water partition coefficient (Wildman–Crippen LogP) is 4.11. The van der Waals surface area contributed by atoms with Crippen LogP contribution < -0.4 is 0 Å². The van der Waals surface area contributed by atoms with Gasteiger partial charge >= 0.3 is 7.60 Å². The molecule has 1 aromatic rings. The molecule has 0 saturated carbocycles. The Bertz CT molecular complexity index is 684. The maximum absolute atomic E-state index is 12.7. The minimum absolute atomic E-state index is 0.0762. The van der Waals surface area contributed by atoms with Gasteiger partial charge in [-0.1, -0.05) is 17.7 Å². The van der Waals surface area contributed by atoms with Gasteiger partial charge in [-0.25, -0.2) is 0 Å². The van der Waals surface area contributed by atoms with Gasteiger partial charge in [-0.3, -0.25) is 8.75 Å². The third-order valence-electron chi connectivity index (χ3n) is 3.03. The largest absolute Gasteiger partial charge is 0.363 e. The molecule has 0 heterocycles. The van der Waals surface area contributed by atoms with Crippen LogP contribution >= 0.6 is 7.60 Å². The van der Waals surface area contributed by atoms with E-state index >= 15 is 0 Å². The zero-order chi connectivity index (χ0) is 20.0. The van der Waals surface area contributed by atoms with Crippen molar-refractivity contribution in [2.45, 2.75) is 64.7 Å². The molecule has 0 bridgehead atoms. The second-order valence-electron chi connectivity index (χ2n) is 6.58. The first-order valence-corrected chi connectivity index (χ1v) is 11.6. The van der Waals surface area contributed by atoms with Gasteiger partial charge in [-0.2, -0.15) is 8.42 Å². The number of ether oxygens (including phenoxy) is 1. The summed E-state index contributed by atoms with van der Waals surface area (Å²) in [6.45, 7) is 10.3. The SMILES string of the molecule is Cc1ccc(S(=O)(=O)OCC(C)OCP(=O)(OC(C)C)OC(C)C)cc1. The molecule has 1 aromatic carbocycles. The highest BCUT2D eigenvalue weighted by atomic mass is 32.2. The monoisotopic (exact) mass is 408 g/mol. The molecule has 0 amide bonds. The van der Waals surface area contributed by atoms with Crippen molar-refractivity contribution < 1.29 is 31.0 Å². The fourth-order valence-corrected chi connectivity index (χ4v) is 4.82. The van der Waals surface area contributed by atoms with Crippen LogP contribution in [0.5, 0.6) is 0 Å².